The van der Waals surface area contributed by atoms with E-state index < -0.39 is 0 Å². The van der Waals surface area contributed by atoms with E-state index in [9.17, 15) is 4.79 Å². The van der Waals surface area contributed by atoms with Crippen LogP contribution < -0.4 is 5.32 Å². The summed E-state index contributed by atoms with van der Waals surface area (Å²) in [5, 5.41) is 2.57. The molecule has 1 rings (SSSR count). The maximum absolute atomic E-state index is 10.6. The van der Waals surface area contributed by atoms with Crippen molar-refractivity contribution >= 4 is 23.3 Å². The van der Waals surface area contributed by atoms with Crippen molar-refractivity contribution in [1.82, 2.24) is 5.32 Å². The summed E-state index contributed by atoms with van der Waals surface area (Å²) >= 11 is 4.61. The van der Waals surface area contributed by atoms with Crippen LogP contribution in [0.3, 0.4) is 0 Å². The molecule has 50 valence electrons. The summed E-state index contributed by atoms with van der Waals surface area (Å²) in [4.78, 5) is 10.6. The Hall–Kier alpha value is -0.640. The van der Waals surface area contributed by atoms with Gasteiger partial charge in [-0.15, -0.1) is 0 Å². The molecule has 1 fully saturated rings. The lowest BCUT2D eigenvalue weighted by Gasteiger charge is -2.20. The van der Waals surface area contributed by atoms with Crippen LogP contribution >= 0.6 is 12.2 Å². The molecular formula is C5H7NO2S. The first kappa shape index (κ1) is 6.48. The first-order valence-corrected chi connectivity index (χ1v) is 3.10. The highest BCUT2D eigenvalue weighted by atomic mass is 32.1. The number of nitrogens with one attached hydrogen (secondary N) is 1. The van der Waals surface area contributed by atoms with Crippen molar-refractivity contribution in [2.75, 3.05) is 0 Å². The van der Waals surface area contributed by atoms with Gasteiger partial charge in [-0.05, 0) is 19.1 Å². The zero-order chi connectivity index (χ0) is 6.85. The molecule has 0 aromatic rings. The van der Waals surface area contributed by atoms with Gasteiger partial charge in [0, 0.05) is 0 Å². The number of thiocarbonyl (C=S) groups is 1. The van der Waals surface area contributed by atoms with E-state index in [0.717, 1.165) is 0 Å². The molecule has 3 nitrogen and oxygen atoms in total. The van der Waals surface area contributed by atoms with Crippen molar-refractivity contribution < 1.29 is 9.53 Å². The third kappa shape index (κ3) is 1.64. The van der Waals surface area contributed by atoms with Crippen LogP contribution in [0.4, 0.5) is 0 Å². The van der Waals surface area contributed by atoms with Crippen LogP contribution in [0.25, 0.3) is 0 Å². The lowest BCUT2D eigenvalue weighted by molar-refractivity contribution is -0.123. The predicted octanol–water partition coefficient (Wildman–Crippen LogP) is 0.196. The Morgan fingerprint density at radius 2 is 2.56 bits per heavy atom. The molecule has 1 aliphatic rings. The van der Waals surface area contributed by atoms with Crippen molar-refractivity contribution in [3.05, 3.63) is 0 Å². The van der Waals surface area contributed by atoms with Crippen LogP contribution in [-0.4, -0.2) is 17.2 Å². The summed E-state index contributed by atoms with van der Waals surface area (Å²) < 4.78 is 4.96. The lowest BCUT2D eigenvalue weighted by atomic mass is 10.2. The normalized spacial score (nSPS) is 27.0. The van der Waals surface area contributed by atoms with Crippen molar-refractivity contribution in [3.8, 4) is 0 Å². The van der Waals surface area contributed by atoms with Gasteiger partial charge in [0.2, 0.25) is 5.91 Å². The predicted molar refractivity (Wildman–Crippen MR) is 35.9 cm³/mol. The monoisotopic (exact) mass is 145 g/mol. The number of rotatable bonds is 0. The molecule has 0 radical (unpaired) electrons. The van der Waals surface area contributed by atoms with Crippen LogP contribution in [0.5, 0.6) is 0 Å². The summed E-state index contributed by atoms with van der Waals surface area (Å²) in [7, 11) is 0. The second-order valence-corrected chi connectivity index (χ2v) is 2.34. The molecule has 1 atom stereocenters. The Morgan fingerprint density at radius 3 is 3.00 bits per heavy atom. The summed E-state index contributed by atoms with van der Waals surface area (Å²) in [5.41, 5.74) is 0. The van der Waals surface area contributed by atoms with Crippen molar-refractivity contribution in [2.24, 2.45) is 0 Å². The molecule has 9 heavy (non-hydrogen) atoms. The summed E-state index contributed by atoms with van der Waals surface area (Å²) in [6.45, 7) is 1.81. The number of hydrogen-bond acceptors (Lipinski definition) is 3. The number of carbonyl (C=O) groups is 1. The molecule has 0 aromatic carbocycles. The van der Waals surface area contributed by atoms with Crippen molar-refractivity contribution in [2.45, 2.75) is 19.4 Å². The molecule has 0 saturated carbocycles. The average Bonchev–Trinajstić information content (AvgIpc) is 1.59. The van der Waals surface area contributed by atoms with E-state index in [-0.39, 0.29) is 17.2 Å². The Labute approximate surface area is 58.4 Å². The quantitative estimate of drug-likeness (QED) is 0.495. The molecule has 1 N–H and O–H groups in total. The van der Waals surface area contributed by atoms with Crippen LogP contribution in [0, 0.1) is 0 Å². The van der Waals surface area contributed by atoms with Gasteiger partial charge < -0.3 is 4.74 Å². The van der Waals surface area contributed by atoms with E-state index in [1.807, 2.05) is 6.92 Å². The minimum Gasteiger partial charge on any atom is -0.467 e. The number of carbonyl (C=O) groups excluding carboxylic acids is 1. The van der Waals surface area contributed by atoms with E-state index >= 15 is 0 Å². The van der Waals surface area contributed by atoms with Crippen molar-refractivity contribution in [1.29, 1.82) is 0 Å². The fraction of sp³-hybridized carbons (Fsp3) is 0.600. The first-order valence-electron chi connectivity index (χ1n) is 2.69. The van der Waals surface area contributed by atoms with E-state index in [1.54, 1.807) is 0 Å². The lowest BCUT2D eigenvalue weighted by Crippen LogP contribution is -2.40. The van der Waals surface area contributed by atoms with Gasteiger partial charge >= 0.3 is 0 Å². The fourth-order valence-electron chi connectivity index (χ4n) is 0.680. The third-order valence-corrected chi connectivity index (χ3v) is 1.22. The molecular weight excluding hydrogens is 138 g/mol. The van der Waals surface area contributed by atoms with Gasteiger partial charge in [-0.25, -0.2) is 0 Å². The molecule has 0 aliphatic carbocycles. The Kier molecular flexibility index (Phi) is 1.66. The van der Waals surface area contributed by atoms with Crippen LogP contribution in [0.15, 0.2) is 0 Å². The van der Waals surface area contributed by atoms with Crippen molar-refractivity contribution in [3.63, 3.8) is 0 Å². The maximum Gasteiger partial charge on any atom is 0.263 e. The highest BCUT2D eigenvalue weighted by Gasteiger charge is 2.18. The zero-order valence-corrected chi connectivity index (χ0v) is 5.83. The average molecular weight is 145 g/mol. The summed E-state index contributed by atoms with van der Waals surface area (Å²) in [5.74, 6) is -0.0567. The van der Waals surface area contributed by atoms with Gasteiger partial charge in [0.05, 0.1) is 6.42 Å². The van der Waals surface area contributed by atoms with E-state index in [0.29, 0.717) is 6.42 Å². The molecule has 0 aromatic heterocycles. The van der Waals surface area contributed by atoms with E-state index in [2.05, 4.69) is 17.5 Å². The largest absolute Gasteiger partial charge is 0.467 e. The summed E-state index contributed by atoms with van der Waals surface area (Å²) in [6, 6.07) is 0. The highest BCUT2D eigenvalue weighted by Crippen LogP contribution is 2.02. The van der Waals surface area contributed by atoms with Gasteiger partial charge in [-0.1, -0.05) is 0 Å². The van der Waals surface area contributed by atoms with Gasteiger partial charge in [0.1, 0.15) is 6.10 Å². The minimum atomic E-state index is -0.0637. The molecule has 1 aliphatic heterocycles. The zero-order valence-electron chi connectivity index (χ0n) is 5.01. The third-order valence-electron chi connectivity index (χ3n) is 1.02. The number of hydrogen-bond donors (Lipinski definition) is 1. The van der Waals surface area contributed by atoms with Gasteiger partial charge in [-0.2, -0.15) is 0 Å². The van der Waals surface area contributed by atoms with E-state index in [4.69, 9.17) is 4.74 Å². The van der Waals surface area contributed by atoms with Crippen LogP contribution in [0.1, 0.15) is 13.3 Å². The molecule has 1 unspecified atom stereocenters. The molecule has 1 heterocycles. The number of amides is 1. The number of ether oxygens (including phenoxy) is 1. The van der Waals surface area contributed by atoms with Gasteiger partial charge in [0.25, 0.3) is 5.17 Å². The second kappa shape index (κ2) is 2.31. The molecule has 0 spiro atoms. The standard InChI is InChI=1S/C5H7NO2S/c1-3-2-4(7)6-5(9)8-3/h3H,2H2,1H3,(H,6,7,9). The Balaban J connectivity index is 2.53. The fourth-order valence-corrected chi connectivity index (χ4v) is 0.958. The molecule has 4 heteroatoms. The highest BCUT2D eigenvalue weighted by molar-refractivity contribution is 7.80. The van der Waals surface area contributed by atoms with Gasteiger partial charge in [-0.3, -0.25) is 10.1 Å². The Morgan fingerprint density at radius 1 is 1.89 bits per heavy atom. The SMILES string of the molecule is CC1CC(=O)NC(=S)O1. The smallest absolute Gasteiger partial charge is 0.263 e. The Bertz CT molecular complexity index is 141. The van der Waals surface area contributed by atoms with Gasteiger partial charge in [0.15, 0.2) is 0 Å². The maximum atomic E-state index is 10.6. The minimum absolute atomic E-state index is 0.0567. The van der Waals surface area contributed by atoms with E-state index in [1.165, 1.54) is 0 Å². The molecule has 1 saturated heterocycles. The topological polar surface area (TPSA) is 38.3 Å². The second-order valence-electron chi connectivity index (χ2n) is 1.97. The van der Waals surface area contributed by atoms with Crippen LogP contribution in [0.2, 0.25) is 0 Å². The molecule has 1 amide bonds. The molecule has 0 bridgehead atoms. The first-order chi connectivity index (χ1) is 4.18. The van der Waals surface area contributed by atoms with Crippen LogP contribution in [-0.2, 0) is 9.53 Å². The summed E-state index contributed by atoms with van der Waals surface area (Å²) in [6.07, 6.45) is 0.339.